The van der Waals surface area contributed by atoms with Crippen molar-refractivity contribution in [1.82, 2.24) is 9.62 Å². The van der Waals surface area contributed by atoms with E-state index in [-0.39, 0.29) is 17.9 Å². The molecule has 1 rings (SSSR count). The Morgan fingerprint density at radius 1 is 1.82 bits per heavy atom. The van der Waals surface area contributed by atoms with Crippen molar-refractivity contribution < 1.29 is 9.35 Å². The summed E-state index contributed by atoms with van der Waals surface area (Å²) in [6, 6.07) is 0.141. The average Bonchev–Trinajstić information content (AvgIpc) is 2.04. The third-order valence-corrected chi connectivity index (χ3v) is 2.61. The number of likely N-dealkylation sites (N-methyl/N-ethyl adjacent to an activating group) is 1. The van der Waals surface area contributed by atoms with Gasteiger partial charge in [-0.1, -0.05) is 6.92 Å². The molecular formula is C6H12N2O2S. The first kappa shape index (κ1) is 8.83. The van der Waals surface area contributed by atoms with Crippen molar-refractivity contribution in [3.63, 3.8) is 0 Å². The number of amides is 1. The maximum atomic E-state index is 11.0. The Bertz CT molecular complexity index is 165. The second-order valence-corrected chi connectivity index (χ2v) is 3.22. The van der Waals surface area contributed by atoms with Gasteiger partial charge in [-0.3, -0.25) is 9.10 Å². The van der Waals surface area contributed by atoms with Crippen LogP contribution >= 0.6 is 12.2 Å². The zero-order valence-electron chi connectivity index (χ0n) is 6.57. The Labute approximate surface area is 70.3 Å². The van der Waals surface area contributed by atoms with Gasteiger partial charge in [0, 0.05) is 6.54 Å². The topological polar surface area (TPSA) is 52.6 Å². The summed E-state index contributed by atoms with van der Waals surface area (Å²) in [5.41, 5.74) is 0. The predicted molar refractivity (Wildman–Crippen MR) is 43.9 cm³/mol. The molecule has 0 radical (unpaired) electrons. The van der Waals surface area contributed by atoms with E-state index in [1.54, 1.807) is 0 Å². The van der Waals surface area contributed by atoms with E-state index in [2.05, 4.69) is 5.32 Å². The zero-order valence-corrected chi connectivity index (χ0v) is 7.39. The zero-order chi connectivity index (χ0) is 8.43. The van der Waals surface area contributed by atoms with Gasteiger partial charge in [0.05, 0.1) is 12.0 Å². The molecule has 2 N–H and O–H groups in total. The molecule has 64 valence electrons. The molecule has 1 aliphatic rings. The third kappa shape index (κ3) is 1.36. The molecule has 0 aromatic carbocycles. The highest BCUT2D eigenvalue weighted by Gasteiger charge is 2.44. The minimum Gasteiger partial charge on any atom is -0.318 e. The van der Waals surface area contributed by atoms with Crippen LogP contribution in [0.15, 0.2) is 0 Å². The third-order valence-electron chi connectivity index (χ3n) is 1.99. The van der Waals surface area contributed by atoms with Gasteiger partial charge in [-0.25, -0.2) is 0 Å². The second kappa shape index (κ2) is 3.42. The number of nitrogens with one attached hydrogen (secondary N) is 1. The van der Waals surface area contributed by atoms with Gasteiger partial charge in [0.15, 0.2) is 0 Å². The fourth-order valence-electron chi connectivity index (χ4n) is 1.22. The van der Waals surface area contributed by atoms with Crippen molar-refractivity contribution in [3.8, 4) is 0 Å². The molecule has 2 atom stereocenters. The van der Waals surface area contributed by atoms with E-state index in [9.17, 15) is 4.79 Å². The van der Waals surface area contributed by atoms with E-state index in [1.807, 2.05) is 14.0 Å². The van der Waals surface area contributed by atoms with E-state index in [0.29, 0.717) is 12.2 Å². The number of hydrogen-bond acceptors (Lipinski definition) is 4. The normalized spacial score (nSPS) is 30.5. The fourth-order valence-corrected chi connectivity index (χ4v) is 1.84. The van der Waals surface area contributed by atoms with Crippen LogP contribution in [-0.4, -0.2) is 34.4 Å². The van der Waals surface area contributed by atoms with E-state index in [1.165, 1.54) is 4.31 Å². The van der Waals surface area contributed by atoms with Crippen molar-refractivity contribution in [2.75, 3.05) is 13.6 Å². The molecule has 0 saturated carbocycles. The van der Waals surface area contributed by atoms with E-state index in [0.717, 1.165) is 6.54 Å². The van der Waals surface area contributed by atoms with Crippen molar-refractivity contribution in [1.29, 1.82) is 0 Å². The summed E-state index contributed by atoms with van der Waals surface area (Å²) in [7, 11) is 1.83. The number of β-lactam (4-membered cyclic amide) rings is 1. The number of carbonyl (C=O) groups is 1. The molecule has 0 aromatic rings. The lowest BCUT2D eigenvalue weighted by Gasteiger charge is -2.42. The summed E-state index contributed by atoms with van der Waals surface area (Å²) < 4.78 is 10.1. The minimum atomic E-state index is 0.0118. The Hall–Kier alpha value is -0.260. The minimum absolute atomic E-state index is 0.0118. The molecule has 0 aromatic heterocycles. The van der Waals surface area contributed by atoms with Gasteiger partial charge in [-0.05, 0) is 7.05 Å². The van der Waals surface area contributed by atoms with Crippen LogP contribution in [0.2, 0.25) is 0 Å². The van der Waals surface area contributed by atoms with E-state index in [4.69, 9.17) is 4.55 Å². The fraction of sp³-hybridized carbons (Fsp3) is 0.833. The molecule has 0 spiro atoms. The monoisotopic (exact) mass is 176 g/mol. The number of hydrogen-bond donors (Lipinski definition) is 2. The smallest absolute Gasteiger partial charge is 0.239 e. The van der Waals surface area contributed by atoms with Gasteiger partial charge in [-0.2, -0.15) is 0 Å². The van der Waals surface area contributed by atoms with Crippen LogP contribution in [0.25, 0.3) is 0 Å². The molecule has 2 unspecified atom stereocenters. The van der Waals surface area contributed by atoms with Crippen molar-refractivity contribution >= 4 is 18.1 Å². The molecule has 1 aliphatic heterocycles. The lowest BCUT2D eigenvalue weighted by Crippen LogP contribution is -2.59. The van der Waals surface area contributed by atoms with Gasteiger partial charge in [0.25, 0.3) is 0 Å². The Morgan fingerprint density at radius 3 is 2.91 bits per heavy atom. The summed E-state index contributed by atoms with van der Waals surface area (Å²) in [4.78, 5) is 11.0. The van der Waals surface area contributed by atoms with Gasteiger partial charge in [-0.15, -0.1) is 0 Å². The first-order valence-electron chi connectivity index (χ1n) is 3.51. The lowest BCUT2D eigenvalue weighted by atomic mass is 9.92. The van der Waals surface area contributed by atoms with Crippen molar-refractivity contribution in [2.45, 2.75) is 13.0 Å². The summed E-state index contributed by atoms with van der Waals surface area (Å²) >= 11 is 0.515. The Balaban J connectivity index is 2.46. The van der Waals surface area contributed by atoms with Crippen LogP contribution in [0.1, 0.15) is 6.92 Å². The highest BCUT2D eigenvalue weighted by Crippen LogP contribution is 2.30. The molecule has 1 fully saturated rings. The number of rotatable bonds is 3. The van der Waals surface area contributed by atoms with Gasteiger partial charge in [0.2, 0.25) is 5.91 Å². The summed E-state index contributed by atoms with van der Waals surface area (Å²) in [5, 5.41) is 2.97. The van der Waals surface area contributed by atoms with Crippen LogP contribution < -0.4 is 5.32 Å². The molecule has 5 heteroatoms. The molecule has 0 aliphatic carbocycles. The largest absolute Gasteiger partial charge is 0.318 e. The first-order chi connectivity index (χ1) is 5.22. The molecular weight excluding hydrogens is 164 g/mol. The summed E-state index contributed by atoms with van der Waals surface area (Å²) in [6.07, 6.45) is 0. The molecule has 0 bridgehead atoms. The summed E-state index contributed by atoms with van der Waals surface area (Å²) in [6.45, 7) is 2.61. The van der Waals surface area contributed by atoms with E-state index < -0.39 is 0 Å². The van der Waals surface area contributed by atoms with Crippen LogP contribution in [0.4, 0.5) is 0 Å². The van der Waals surface area contributed by atoms with Crippen molar-refractivity contribution in [3.05, 3.63) is 0 Å². The second-order valence-electron chi connectivity index (χ2n) is 2.66. The lowest BCUT2D eigenvalue weighted by molar-refractivity contribution is -0.144. The molecule has 4 nitrogen and oxygen atoms in total. The first-order valence-corrected chi connectivity index (χ1v) is 4.24. The number of nitrogens with zero attached hydrogens (tertiary/aromatic N) is 1. The predicted octanol–water partition coefficient (Wildman–Crippen LogP) is 0.174. The molecule has 1 saturated heterocycles. The molecule has 1 heterocycles. The highest BCUT2D eigenvalue weighted by atomic mass is 32.2. The number of carbonyl (C=O) groups excluding carboxylic acids is 1. The van der Waals surface area contributed by atoms with E-state index >= 15 is 0 Å². The van der Waals surface area contributed by atoms with Crippen LogP contribution in [-0.2, 0) is 4.79 Å². The molecule has 11 heavy (non-hydrogen) atoms. The van der Waals surface area contributed by atoms with Crippen molar-refractivity contribution in [2.24, 2.45) is 5.92 Å². The Kier molecular flexibility index (Phi) is 2.75. The van der Waals surface area contributed by atoms with Crippen LogP contribution in [0, 0.1) is 5.92 Å². The Morgan fingerprint density at radius 2 is 2.45 bits per heavy atom. The van der Waals surface area contributed by atoms with Crippen LogP contribution in [0.5, 0.6) is 0 Å². The quantitative estimate of drug-likeness (QED) is 0.366. The van der Waals surface area contributed by atoms with Crippen LogP contribution in [0.3, 0.4) is 0 Å². The highest BCUT2D eigenvalue weighted by molar-refractivity contribution is 7.92. The van der Waals surface area contributed by atoms with Gasteiger partial charge < -0.3 is 9.87 Å². The maximum absolute atomic E-state index is 11.0. The molecule has 1 amide bonds. The SMILES string of the molecule is CNCC1C(C)C(=O)N1SO. The standard InChI is InChI=1S/C6H12N2O2S/c1-4-5(3-7-2)8(11-10)6(4)9/h4-5,7,10H,3H2,1-2H3. The average molecular weight is 176 g/mol. The maximum Gasteiger partial charge on any atom is 0.239 e. The van der Waals surface area contributed by atoms with Gasteiger partial charge >= 0.3 is 0 Å². The van der Waals surface area contributed by atoms with Gasteiger partial charge in [0.1, 0.15) is 12.2 Å². The summed E-state index contributed by atoms with van der Waals surface area (Å²) in [5.74, 6) is 0.0554.